The van der Waals surface area contributed by atoms with Crippen molar-refractivity contribution < 1.29 is 33.5 Å². The molecule has 1 aliphatic rings. The Labute approximate surface area is 121 Å². The van der Waals surface area contributed by atoms with E-state index in [1.807, 2.05) is 0 Å². The second-order valence-electron chi connectivity index (χ2n) is 4.41. The number of nitrogens with zero attached hydrogens (tertiary/aromatic N) is 1. The molecular formula is C12H18N2O7. The molecule has 3 amide bonds. The molecule has 0 spiro atoms. The molecule has 9 heteroatoms. The summed E-state index contributed by atoms with van der Waals surface area (Å²) in [6, 6.07) is 0. The van der Waals surface area contributed by atoms with Crippen LogP contribution in [0.25, 0.3) is 0 Å². The van der Waals surface area contributed by atoms with Crippen LogP contribution in [-0.2, 0) is 23.9 Å². The van der Waals surface area contributed by atoms with E-state index < -0.39 is 30.2 Å². The minimum Gasteiger partial charge on any atom is -0.453 e. The number of hydroxylamine groups is 2. The predicted molar refractivity (Wildman–Crippen MR) is 67.8 cm³/mol. The van der Waals surface area contributed by atoms with Crippen LogP contribution >= 0.6 is 0 Å². The Morgan fingerprint density at radius 1 is 1.29 bits per heavy atom. The first kappa shape index (κ1) is 16.7. The smallest absolute Gasteiger partial charge is 0.453 e. The predicted octanol–water partition coefficient (Wildman–Crippen LogP) is 0.728. The molecule has 0 aromatic heterocycles. The van der Waals surface area contributed by atoms with Crippen molar-refractivity contribution in [3.63, 3.8) is 0 Å². The molecule has 1 atom stereocenters. The Balaban J connectivity index is 2.20. The third kappa shape index (κ3) is 5.67. The number of rotatable bonds is 6. The molecule has 9 nitrogen and oxygen atoms in total. The van der Waals surface area contributed by atoms with Gasteiger partial charge in [-0.1, -0.05) is 5.06 Å². The van der Waals surface area contributed by atoms with Crippen molar-refractivity contribution in [2.45, 2.75) is 38.7 Å². The first-order valence-corrected chi connectivity index (χ1v) is 6.50. The lowest BCUT2D eigenvalue weighted by Gasteiger charge is -2.16. The highest BCUT2D eigenvalue weighted by Crippen LogP contribution is 2.13. The zero-order valence-electron chi connectivity index (χ0n) is 11.9. The fourth-order valence-electron chi connectivity index (χ4n) is 1.63. The second kappa shape index (κ2) is 8.08. The first-order valence-electron chi connectivity index (χ1n) is 6.50. The van der Waals surface area contributed by atoms with E-state index in [0.29, 0.717) is 24.4 Å². The van der Waals surface area contributed by atoms with Crippen molar-refractivity contribution in [3.8, 4) is 0 Å². The highest BCUT2D eigenvalue weighted by molar-refractivity contribution is 6.01. The summed E-state index contributed by atoms with van der Waals surface area (Å²) in [4.78, 5) is 49.2. The topological polar surface area (TPSA) is 111 Å². The molecule has 0 bridgehead atoms. The van der Waals surface area contributed by atoms with Gasteiger partial charge in [0.15, 0.2) is 0 Å². The average molecular weight is 302 g/mol. The monoisotopic (exact) mass is 302 g/mol. The molecule has 0 radical (unpaired) electrons. The number of carbonyl (C=O) groups excluding carboxylic acids is 4. The van der Waals surface area contributed by atoms with Gasteiger partial charge in [0.1, 0.15) is 6.10 Å². The number of methoxy groups -OCH3 is 1. The van der Waals surface area contributed by atoms with Crippen LogP contribution in [0.1, 0.15) is 32.6 Å². The Hall–Kier alpha value is -2.32. The largest absolute Gasteiger partial charge is 0.534 e. The van der Waals surface area contributed by atoms with Gasteiger partial charge >= 0.3 is 12.2 Å². The lowest BCUT2D eigenvalue weighted by molar-refractivity contribution is -0.178. The lowest BCUT2D eigenvalue weighted by atomic mass is 10.2. The molecule has 1 fully saturated rings. The normalized spacial score (nSPS) is 15.6. The van der Waals surface area contributed by atoms with E-state index in [1.54, 1.807) is 6.92 Å². The van der Waals surface area contributed by atoms with Gasteiger partial charge in [-0.05, 0) is 19.8 Å². The SMILES string of the molecule is COC(=O)NCCCC(C)OC(=O)ON1C(=O)CCC1=O. The van der Waals surface area contributed by atoms with Gasteiger partial charge in [0, 0.05) is 19.4 Å². The molecule has 1 saturated heterocycles. The zero-order chi connectivity index (χ0) is 15.8. The van der Waals surface area contributed by atoms with Crippen molar-refractivity contribution in [3.05, 3.63) is 0 Å². The Kier molecular flexibility index (Phi) is 6.44. The summed E-state index contributed by atoms with van der Waals surface area (Å²) in [5.41, 5.74) is 0. The summed E-state index contributed by atoms with van der Waals surface area (Å²) in [6.45, 7) is 2.01. The quantitative estimate of drug-likeness (QED) is 0.437. The van der Waals surface area contributed by atoms with Crippen LogP contribution in [-0.4, -0.2) is 48.9 Å². The number of hydrogen-bond donors (Lipinski definition) is 1. The number of alkyl carbamates (subject to hydrolysis) is 1. The number of carbonyl (C=O) groups is 4. The van der Waals surface area contributed by atoms with Gasteiger partial charge in [-0.3, -0.25) is 14.4 Å². The number of amides is 3. The number of hydrogen-bond acceptors (Lipinski definition) is 7. The molecule has 1 aliphatic heterocycles. The van der Waals surface area contributed by atoms with E-state index in [0.717, 1.165) is 0 Å². The van der Waals surface area contributed by atoms with E-state index in [9.17, 15) is 19.2 Å². The van der Waals surface area contributed by atoms with Crippen LogP contribution in [0.4, 0.5) is 9.59 Å². The van der Waals surface area contributed by atoms with Gasteiger partial charge in [-0.25, -0.2) is 9.59 Å². The highest BCUT2D eigenvalue weighted by atomic mass is 16.8. The van der Waals surface area contributed by atoms with Gasteiger partial charge in [0.2, 0.25) is 0 Å². The maximum Gasteiger partial charge on any atom is 0.534 e. The third-order valence-corrected chi connectivity index (χ3v) is 2.71. The van der Waals surface area contributed by atoms with Crippen molar-refractivity contribution in [2.24, 2.45) is 0 Å². The summed E-state index contributed by atoms with van der Waals surface area (Å²) in [5.74, 6) is -1.13. The van der Waals surface area contributed by atoms with E-state index in [2.05, 4.69) is 14.9 Å². The number of imide groups is 1. The van der Waals surface area contributed by atoms with E-state index in [4.69, 9.17) is 4.74 Å². The van der Waals surface area contributed by atoms with Crippen LogP contribution in [0.3, 0.4) is 0 Å². The van der Waals surface area contributed by atoms with E-state index >= 15 is 0 Å². The summed E-state index contributed by atoms with van der Waals surface area (Å²) in [7, 11) is 1.26. The first-order chi connectivity index (χ1) is 9.93. The zero-order valence-corrected chi connectivity index (χ0v) is 11.9. The van der Waals surface area contributed by atoms with Gasteiger partial charge < -0.3 is 14.8 Å². The van der Waals surface area contributed by atoms with Crippen LogP contribution in [0.15, 0.2) is 0 Å². The highest BCUT2D eigenvalue weighted by Gasteiger charge is 2.33. The van der Waals surface area contributed by atoms with Crippen LogP contribution < -0.4 is 5.32 Å². The minimum atomic E-state index is -1.10. The molecule has 1 rings (SSSR count). The third-order valence-electron chi connectivity index (χ3n) is 2.71. The average Bonchev–Trinajstić information content (AvgIpc) is 2.75. The van der Waals surface area contributed by atoms with Gasteiger partial charge in [-0.2, -0.15) is 0 Å². The molecule has 0 aromatic carbocycles. The summed E-state index contributed by atoms with van der Waals surface area (Å²) in [6.07, 6.45) is -1.03. The molecule has 0 aliphatic carbocycles. The second-order valence-corrected chi connectivity index (χ2v) is 4.41. The van der Waals surface area contributed by atoms with E-state index in [-0.39, 0.29) is 12.8 Å². The molecule has 1 heterocycles. The van der Waals surface area contributed by atoms with Gasteiger partial charge in [-0.15, -0.1) is 0 Å². The number of ether oxygens (including phenoxy) is 2. The standard InChI is InChI=1S/C12H18N2O7/c1-8(4-3-7-13-11(17)19-2)20-12(18)21-14-9(15)5-6-10(14)16/h8H,3-7H2,1-2H3,(H,13,17). The van der Waals surface area contributed by atoms with Crippen LogP contribution in [0, 0.1) is 0 Å². The lowest BCUT2D eigenvalue weighted by Crippen LogP contribution is -2.33. The van der Waals surface area contributed by atoms with Crippen molar-refractivity contribution in [2.75, 3.05) is 13.7 Å². The van der Waals surface area contributed by atoms with Crippen molar-refractivity contribution in [1.29, 1.82) is 0 Å². The maximum absolute atomic E-state index is 11.4. The minimum absolute atomic E-state index is 0.0286. The summed E-state index contributed by atoms with van der Waals surface area (Å²) >= 11 is 0. The van der Waals surface area contributed by atoms with Crippen LogP contribution in [0.2, 0.25) is 0 Å². The fourth-order valence-corrected chi connectivity index (χ4v) is 1.63. The molecule has 0 aromatic rings. The molecule has 1 N–H and O–H groups in total. The van der Waals surface area contributed by atoms with Crippen molar-refractivity contribution >= 4 is 24.1 Å². The maximum atomic E-state index is 11.4. The van der Waals surface area contributed by atoms with E-state index in [1.165, 1.54) is 7.11 Å². The fraction of sp³-hybridized carbons (Fsp3) is 0.667. The Morgan fingerprint density at radius 3 is 2.48 bits per heavy atom. The Bertz CT molecular complexity index is 408. The molecule has 21 heavy (non-hydrogen) atoms. The van der Waals surface area contributed by atoms with Gasteiger partial charge in [0.05, 0.1) is 7.11 Å². The summed E-state index contributed by atoms with van der Waals surface area (Å²) < 4.78 is 9.28. The van der Waals surface area contributed by atoms with Gasteiger partial charge in [0.25, 0.3) is 11.8 Å². The molecule has 0 saturated carbocycles. The molecular weight excluding hydrogens is 284 g/mol. The van der Waals surface area contributed by atoms with Crippen LogP contribution in [0.5, 0.6) is 0 Å². The molecule has 118 valence electrons. The van der Waals surface area contributed by atoms with Crippen molar-refractivity contribution in [1.82, 2.24) is 10.4 Å². The Morgan fingerprint density at radius 2 is 1.90 bits per heavy atom. The molecule has 1 unspecified atom stereocenters. The number of nitrogens with one attached hydrogen (secondary N) is 1. The summed E-state index contributed by atoms with van der Waals surface area (Å²) in [5, 5.41) is 2.91.